The molecule has 1 N–H and O–H groups in total. The van der Waals surface area contributed by atoms with E-state index in [1.165, 1.54) is 12.1 Å². The molecular formula is C8H5CeF3O3+4. The van der Waals surface area contributed by atoms with Crippen molar-refractivity contribution in [1.82, 2.24) is 0 Å². The largest absolute Gasteiger partial charge is 4.00 e. The first-order valence-corrected chi connectivity index (χ1v) is 3.47. The molecule has 0 unspecified atom stereocenters. The van der Waals surface area contributed by atoms with E-state index in [9.17, 15) is 18.0 Å². The first-order valence-electron chi connectivity index (χ1n) is 3.47. The molecule has 0 aliphatic rings. The topological polar surface area (TPSA) is 50.4 Å². The monoisotopic (exact) mass is 346 g/mol. The fourth-order valence-electron chi connectivity index (χ4n) is 0.701. The Balaban J connectivity index is 0.00000196. The van der Waals surface area contributed by atoms with Crippen LogP contribution in [0, 0.1) is 41.7 Å². The molecule has 0 atom stereocenters. The van der Waals surface area contributed by atoms with Gasteiger partial charge in [0.15, 0.2) is 11.5 Å². The van der Waals surface area contributed by atoms with Crippen molar-refractivity contribution in [1.29, 1.82) is 0 Å². The van der Waals surface area contributed by atoms with Crippen molar-refractivity contribution in [3.63, 3.8) is 0 Å². The Bertz CT molecular complexity index is 354. The van der Waals surface area contributed by atoms with Crippen LogP contribution in [-0.4, -0.2) is 17.1 Å². The standard InChI is InChI=1S/C8H5F3O3.Ce/c9-8(10,11)7(13)4-5(12)6-2-1-3-14-6;/h1-4,12H;/q;+4/b5-4-;. The summed E-state index contributed by atoms with van der Waals surface area (Å²) in [6, 6.07) is 2.60. The van der Waals surface area contributed by atoms with E-state index in [4.69, 9.17) is 5.11 Å². The summed E-state index contributed by atoms with van der Waals surface area (Å²) in [7, 11) is 0. The Hall–Kier alpha value is -0.343. The minimum atomic E-state index is -4.99. The summed E-state index contributed by atoms with van der Waals surface area (Å²) in [5, 5.41) is 8.99. The molecule has 0 fully saturated rings. The molecule has 1 aromatic rings. The summed E-state index contributed by atoms with van der Waals surface area (Å²) in [4.78, 5) is 10.4. The second-order valence-electron chi connectivity index (χ2n) is 2.37. The molecule has 0 saturated heterocycles. The Morgan fingerprint density at radius 1 is 1.47 bits per heavy atom. The van der Waals surface area contributed by atoms with E-state index in [0.717, 1.165) is 6.26 Å². The van der Waals surface area contributed by atoms with E-state index >= 15 is 0 Å². The Kier molecular flexibility index (Phi) is 5.53. The molecule has 15 heavy (non-hydrogen) atoms. The third kappa shape index (κ3) is 4.35. The molecule has 0 saturated carbocycles. The first kappa shape index (κ1) is 14.7. The van der Waals surface area contributed by atoms with Crippen LogP contribution in [0.1, 0.15) is 5.76 Å². The summed E-state index contributed by atoms with van der Waals surface area (Å²) >= 11 is 0. The molecule has 1 aromatic heterocycles. The second kappa shape index (κ2) is 5.66. The number of carbonyl (C=O) groups excluding carboxylic acids is 1. The van der Waals surface area contributed by atoms with Crippen LogP contribution < -0.4 is 0 Å². The van der Waals surface area contributed by atoms with Gasteiger partial charge in [0.2, 0.25) is 0 Å². The third-order valence-electron chi connectivity index (χ3n) is 1.32. The van der Waals surface area contributed by atoms with Gasteiger partial charge < -0.3 is 9.52 Å². The van der Waals surface area contributed by atoms with Crippen molar-refractivity contribution >= 4 is 11.5 Å². The Morgan fingerprint density at radius 3 is 2.47 bits per heavy atom. The van der Waals surface area contributed by atoms with Crippen LogP contribution in [0.25, 0.3) is 5.76 Å². The molecule has 0 aromatic carbocycles. The summed E-state index contributed by atoms with van der Waals surface area (Å²) < 4.78 is 39.7. The molecule has 0 aliphatic carbocycles. The average Bonchev–Trinajstić information content (AvgIpc) is 2.53. The van der Waals surface area contributed by atoms with Crippen LogP contribution in [0.3, 0.4) is 0 Å². The zero-order valence-electron chi connectivity index (χ0n) is 7.21. The van der Waals surface area contributed by atoms with Crippen LogP contribution in [-0.2, 0) is 4.79 Å². The van der Waals surface area contributed by atoms with Gasteiger partial charge in [-0.25, -0.2) is 0 Å². The number of aliphatic hydroxyl groups is 1. The van der Waals surface area contributed by atoms with E-state index in [1.54, 1.807) is 0 Å². The molecule has 0 amide bonds. The van der Waals surface area contributed by atoms with E-state index < -0.39 is 17.7 Å². The molecule has 1 rings (SSSR count). The Labute approximate surface area is 116 Å². The third-order valence-corrected chi connectivity index (χ3v) is 1.32. The summed E-state index contributed by atoms with van der Waals surface area (Å²) in [6.07, 6.45) is -3.75. The smallest absolute Gasteiger partial charge is 0.504 e. The predicted octanol–water partition coefficient (Wildman–Crippen LogP) is 2.31. The van der Waals surface area contributed by atoms with E-state index in [1.807, 2.05) is 0 Å². The maximum absolute atomic E-state index is 11.7. The van der Waals surface area contributed by atoms with Crippen LogP contribution >= 0.6 is 0 Å². The number of carbonyl (C=O) groups is 1. The Morgan fingerprint density at radius 2 is 2.07 bits per heavy atom. The minimum absolute atomic E-state index is 0. The van der Waals surface area contributed by atoms with Crippen LogP contribution in [0.5, 0.6) is 0 Å². The number of hydrogen-bond acceptors (Lipinski definition) is 3. The number of hydrogen-bond donors (Lipinski definition) is 1. The average molecular weight is 346 g/mol. The molecular weight excluding hydrogens is 341 g/mol. The molecule has 0 spiro atoms. The maximum atomic E-state index is 11.7. The van der Waals surface area contributed by atoms with Gasteiger partial charge in [0.25, 0.3) is 5.78 Å². The SMILES string of the molecule is O=C(/C=C(\O)c1ccco1)C(F)(F)F.[Ce+4]. The van der Waals surface area contributed by atoms with Crippen LogP contribution in [0.2, 0.25) is 0 Å². The molecule has 0 aliphatic heterocycles. The van der Waals surface area contributed by atoms with Gasteiger partial charge in [0, 0.05) is 6.08 Å². The predicted molar refractivity (Wildman–Crippen MR) is 40.4 cm³/mol. The minimum Gasteiger partial charge on any atom is -0.504 e. The van der Waals surface area contributed by atoms with Gasteiger partial charge >= 0.3 is 47.9 Å². The first-order chi connectivity index (χ1) is 6.41. The normalized spacial score (nSPS) is 12.1. The van der Waals surface area contributed by atoms with Gasteiger partial charge in [0.05, 0.1) is 6.26 Å². The van der Waals surface area contributed by atoms with Crippen molar-refractivity contribution in [3.8, 4) is 0 Å². The van der Waals surface area contributed by atoms with E-state index in [0.29, 0.717) is 0 Å². The van der Waals surface area contributed by atoms with Crippen molar-refractivity contribution in [2.24, 2.45) is 0 Å². The zero-order valence-corrected chi connectivity index (χ0v) is 10.3. The van der Waals surface area contributed by atoms with Crippen LogP contribution in [0.15, 0.2) is 28.9 Å². The van der Waals surface area contributed by atoms with Gasteiger partial charge in [0.1, 0.15) is 0 Å². The number of allylic oxidation sites excluding steroid dienone is 1. The van der Waals surface area contributed by atoms with Gasteiger partial charge in [-0.15, -0.1) is 0 Å². The van der Waals surface area contributed by atoms with E-state index in [2.05, 4.69) is 4.42 Å². The summed E-state index contributed by atoms with van der Waals surface area (Å²) in [5.74, 6) is -3.17. The van der Waals surface area contributed by atoms with Gasteiger partial charge in [-0.05, 0) is 12.1 Å². The fourth-order valence-corrected chi connectivity index (χ4v) is 0.701. The van der Waals surface area contributed by atoms with Crippen molar-refractivity contribution in [3.05, 3.63) is 30.2 Å². The number of aliphatic hydroxyl groups excluding tert-OH is 1. The molecule has 3 nitrogen and oxygen atoms in total. The number of rotatable bonds is 2. The number of furan rings is 1. The van der Waals surface area contributed by atoms with Gasteiger partial charge in [-0.2, -0.15) is 13.2 Å². The van der Waals surface area contributed by atoms with Crippen molar-refractivity contribution in [2.45, 2.75) is 6.18 Å². The van der Waals surface area contributed by atoms with Crippen molar-refractivity contribution < 1.29 is 69.2 Å². The molecule has 7 heteroatoms. The molecule has 1 heterocycles. The molecule has 0 radical (unpaired) electrons. The maximum Gasteiger partial charge on any atom is 4.00 e. The summed E-state index contributed by atoms with van der Waals surface area (Å²) in [6.45, 7) is 0. The van der Waals surface area contributed by atoms with Gasteiger partial charge in [-0.3, -0.25) is 4.79 Å². The zero-order chi connectivity index (χ0) is 10.8. The van der Waals surface area contributed by atoms with Crippen molar-refractivity contribution in [2.75, 3.05) is 0 Å². The number of ketones is 1. The second-order valence-corrected chi connectivity index (χ2v) is 2.37. The quantitative estimate of drug-likeness (QED) is 0.661. The van der Waals surface area contributed by atoms with Crippen LogP contribution in [0.4, 0.5) is 13.2 Å². The number of halogens is 3. The fraction of sp³-hybridized carbons (Fsp3) is 0.125. The molecule has 76 valence electrons. The summed E-state index contributed by atoms with van der Waals surface area (Å²) in [5.41, 5.74) is 0. The number of alkyl halides is 3. The van der Waals surface area contributed by atoms with E-state index in [-0.39, 0.29) is 53.6 Å². The molecule has 0 bridgehead atoms. The van der Waals surface area contributed by atoms with Gasteiger partial charge in [-0.1, -0.05) is 0 Å².